The smallest absolute Gasteiger partial charge is 0.262 e. The number of likely N-dealkylation sites (tertiary alicyclic amines) is 1. The highest BCUT2D eigenvalue weighted by Crippen LogP contribution is 2.36. The van der Waals surface area contributed by atoms with E-state index in [1.165, 1.54) is 12.8 Å². The highest BCUT2D eigenvalue weighted by molar-refractivity contribution is 6.23. The lowest BCUT2D eigenvalue weighted by Gasteiger charge is -2.29. The Bertz CT molecular complexity index is 2120. The van der Waals surface area contributed by atoms with Crippen LogP contribution in [0.1, 0.15) is 111 Å². The molecule has 7 rings (SSSR count). The highest BCUT2D eigenvalue weighted by atomic mass is 16.2. The number of hydrogen-bond acceptors (Lipinski definition) is 9. The van der Waals surface area contributed by atoms with E-state index in [-0.39, 0.29) is 35.8 Å². The van der Waals surface area contributed by atoms with Crippen molar-refractivity contribution < 1.29 is 28.8 Å². The van der Waals surface area contributed by atoms with Crippen LogP contribution >= 0.6 is 0 Å². The van der Waals surface area contributed by atoms with Gasteiger partial charge in [0, 0.05) is 36.0 Å². The van der Waals surface area contributed by atoms with Crippen molar-refractivity contribution in [3.8, 4) is 0 Å². The van der Waals surface area contributed by atoms with Crippen molar-refractivity contribution in [2.24, 2.45) is 11.1 Å². The molecule has 0 radical (unpaired) electrons. The van der Waals surface area contributed by atoms with E-state index in [1.807, 2.05) is 18.2 Å². The maximum absolute atomic E-state index is 13.2. The number of H-pyrrole nitrogens is 1. The number of primary amides is 1. The average Bonchev–Trinajstić information content (AvgIpc) is 3.85. The van der Waals surface area contributed by atoms with Crippen molar-refractivity contribution in [3.63, 3.8) is 0 Å². The van der Waals surface area contributed by atoms with E-state index in [4.69, 9.17) is 10.7 Å². The van der Waals surface area contributed by atoms with Crippen LogP contribution in [0.15, 0.2) is 60.2 Å². The van der Waals surface area contributed by atoms with Crippen LogP contribution in [0, 0.1) is 5.41 Å². The van der Waals surface area contributed by atoms with Crippen molar-refractivity contribution in [2.75, 3.05) is 23.7 Å². The van der Waals surface area contributed by atoms with Crippen LogP contribution in [0.5, 0.6) is 0 Å². The van der Waals surface area contributed by atoms with Gasteiger partial charge in [-0.15, -0.1) is 0 Å². The minimum atomic E-state index is -0.988. The predicted molar refractivity (Wildman–Crippen MR) is 211 cm³/mol. The summed E-state index contributed by atoms with van der Waals surface area (Å²) in [6, 6.07) is 10.2. The number of piperidine rings is 1. The third kappa shape index (κ3) is 8.30. The van der Waals surface area contributed by atoms with Gasteiger partial charge in [0.25, 0.3) is 17.7 Å². The fourth-order valence-electron chi connectivity index (χ4n) is 8.26. The van der Waals surface area contributed by atoms with Gasteiger partial charge in [0.2, 0.25) is 17.7 Å². The van der Waals surface area contributed by atoms with Crippen LogP contribution in [0.3, 0.4) is 0 Å². The number of allylic oxidation sites excluding steroid dienone is 1. The number of amides is 6. The summed E-state index contributed by atoms with van der Waals surface area (Å²) in [6.45, 7) is 4.79. The van der Waals surface area contributed by atoms with Crippen molar-refractivity contribution in [1.29, 1.82) is 0 Å². The average molecular weight is 763 g/mol. The molecule has 14 heteroatoms. The molecule has 4 aliphatic rings. The molecular formula is C42H50N8O6. The van der Waals surface area contributed by atoms with E-state index < -0.39 is 35.1 Å². The zero-order valence-electron chi connectivity index (χ0n) is 31.8. The van der Waals surface area contributed by atoms with Gasteiger partial charge in [0.1, 0.15) is 11.9 Å². The third-order valence-electron chi connectivity index (χ3n) is 11.7. The topological polar surface area (TPSA) is 200 Å². The first-order valence-electron chi connectivity index (χ1n) is 19.8. The van der Waals surface area contributed by atoms with Crippen LogP contribution in [-0.2, 0) is 25.7 Å². The lowest BCUT2D eigenvalue weighted by atomic mass is 9.75. The van der Waals surface area contributed by atoms with Crippen molar-refractivity contribution >= 4 is 57.9 Å². The number of nitrogens with zero attached hydrogens (tertiary/aromatic N) is 3. The second-order valence-electron chi connectivity index (χ2n) is 15.6. The van der Waals surface area contributed by atoms with Gasteiger partial charge in [0.15, 0.2) is 0 Å². The Morgan fingerprint density at radius 2 is 1.71 bits per heavy atom. The number of imide groups is 2. The van der Waals surface area contributed by atoms with Gasteiger partial charge in [0.05, 0.1) is 34.1 Å². The summed E-state index contributed by atoms with van der Waals surface area (Å²) in [7, 11) is 0. The molecule has 1 aromatic heterocycles. The minimum Gasteiger partial charge on any atom is -0.385 e. The zero-order valence-corrected chi connectivity index (χ0v) is 31.8. The Morgan fingerprint density at radius 3 is 2.45 bits per heavy atom. The van der Waals surface area contributed by atoms with Crippen molar-refractivity contribution in [1.82, 2.24) is 25.1 Å². The summed E-state index contributed by atoms with van der Waals surface area (Å²) in [4.78, 5) is 87.2. The van der Waals surface area contributed by atoms with Gasteiger partial charge in [-0.1, -0.05) is 50.3 Å². The molecule has 6 N–H and O–H groups in total. The molecule has 14 nitrogen and oxygen atoms in total. The van der Waals surface area contributed by atoms with E-state index in [2.05, 4.69) is 32.8 Å². The number of nitrogens with one attached hydrogen (secondary N) is 4. The number of imidazole rings is 1. The number of carbonyl (C=O) groups excluding carboxylic acids is 6. The van der Waals surface area contributed by atoms with Crippen LogP contribution < -0.4 is 21.7 Å². The number of anilines is 2. The van der Waals surface area contributed by atoms with Crippen molar-refractivity contribution in [3.05, 3.63) is 77.2 Å². The Hall–Kier alpha value is -5.63. The first-order chi connectivity index (χ1) is 27.0. The number of aromatic nitrogens is 2. The lowest BCUT2D eigenvalue weighted by Crippen LogP contribution is -2.54. The quantitative estimate of drug-likeness (QED) is 0.0975. The molecule has 3 atom stereocenters. The number of hydrogen-bond donors (Lipinski definition) is 5. The predicted octanol–water partition coefficient (Wildman–Crippen LogP) is 5.09. The van der Waals surface area contributed by atoms with Crippen LogP contribution in [0.2, 0.25) is 0 Å². The van der Waals surface area contributed by atoms with E-state index in [1.54, 1.807) is 36.4 Å². The molecule has 0 spiro atoms. The molecule has 1 aliphatic carbocycles. The molecule has 2 aromatic carbocycles. The van der Waals surface area contributed by atoms with E-state index in [0.717, 1.165) is 73.4 Å². The standard InChI is InChI=1S/C42H50N8O6/c1-26-9-8-22-49(26)25-35-46-32-13-11-29(24-33(32)47-35)45-37(52)27-16-19-42(20-17-27,41(43)56)18-6-4-2-3-5-7-21-44-28-10-12-30-31(23-28)40(55)50(39(30)54)34-14-15-36(51)48-38(34)53/h10-13,16-17,19,23-24,26,34,44H,2-9,14-15,18,20-22,25H2,1H3,(H2,43,56)(H,45,52)(H,46,47)(H,48,51,53)/t26-,34?,42?/m0/s1. The zero-order chi connectivity index (χ0) is 39.4. The number of carbonyl (C=O) groups is 6. The molecule has 3 aromatic rings. The van der Waals surface area contributed by atoms with Crippen LogP contribution in [-0.4, -0.2) is 80.4 Å². The second-order valence-corrected chi connectivity index (χ2v) is 15.6. The first-order valence-corrected chi connectivity index (χ1v) is 19.8. The number of unbranched alkanes of at least 4 members (excludes halogenated alkanes) is 5. The van der Waals surface area contributed by atoms with Crippen molar-refractivity contribution in [2.45, 2.75) is 103 Å². The fourth-order valence-corrected chi connectivity index (χ4v) is 8.26. The maximum Gasteiger partial charge on any atom is 0.262 e. The van der Waals surface area contributed by atoms with E-state index in [9.17, 15) is 28.8 Å². The Balaban J connectivity index is 0.805. The molecule has 0 saturated carbocycles. The minimum absolute atomic E-state index is 0.0775. The molecule has 3 aliphatic heterocycles. The molecule has 6 amide bonds. The van der Waals surface area contributed by atoms with Crippen LogP contribution in [0.4, 0.5) is 11.4 Å². The SMILES string of the molecule is C[C@H]1CCCN1Cc1nc2cc(NC(=O)C3=CCC(CCCCCCCCNc4ccc5c(c4)C(=O)N(C4CCC(=O)NC4=O)C5=O)(C(N)=O)C=C3)ccc2[nH]1. The summed E-state index contributed by atoms with van der Waals surface area (Å²) >= 11 is 0. The van der Waals surface area contributed by atoms with E-state index in [0.29, 0.717) is 42.4 Å². The summed E-state index contributed by atoms with van der Waals surface area (Å²) in [5.41, 5.74) is 9.19. The monoisotopic (exact) mass is 762 g/mol. The number of aromatic amines is 1. The molecule has 4 heterocycles. The Labute approximate surface area is 325 Å². The fraction of sp³-hybridized carbons (Fsp3) is 0.452. The third-order valence-corrected chi connectivity index (χ3v) is 11.7. The van der Waals surface area contributed by atoms with Gasteiger partial charge in [-0.3, -0.25) is 43.9 Å². The first kappa shape index (κ1) is 38.6. The van der Waals surface area contributed by atoms with Gasteiger partial charge in [-0.25, -0.2) is 4.98 Å². The number of rotatable bonds is 16. The number of nitrogens with two attached hydrogens (primary N) is 1. The molecule has 0 bridgehead atoms. The molecular weight excluding hydrogens is 713 g/mol. The molecule has 294 valence electrons. The number of fused-ring (bicyclic) bond motifs is 2. The van der Waals surface area contributed by atoms with Crippen LogP contribution in [0.25, 0.3) is 11.0 Å². The molecule has 2 fully saturated rings. The maximum atomic E-state index is 13.2. The Kier molecular flexibility index (Phi) is 11.5. The van der Waals surface area contributed by atoms with E-state index >= 15 is 0 Å². The number of benzene rings is 2. The second kappa shape index (κ2) is 16.6. The Morgan fingerprint density at radius 1 is 0.946 bits per heavy atom. The molecule has 2 saturated heterocycles. The molecule has 56 heavy (non-hydrogen) atoms. The summed E-state index contributed by atoms with van der Waals surface area (Å²) < 4.78 is 0. The van der Waals surface area contributed by atoms with Gasteiger partial charge in [-0.05, 0) is 88.4 Å². The lowest BCUT2D eigenvalue weighted by molar-refractivity contribution is -0.136. The highest BCUT2D eigenvalue weighted by Gasteiger charge is 2.44. The largest absolute Gasteiger partial charge is 0.385 e. The molecule has 2 unspecified atom stereocenters. The summed E-state index contributed by atoms with van der Waals surface area (Å²) in [5.74, 6) is -1.79. The summed E-state index contributed by atoms with van der Waals surface area (Å²) in [6.07, 6.45) is 14.6. The van der Waals surface area contributed by atoms with Gasteiger partial charge in [-0.2, -0.15) is 0 Å². The summed E-state index contributed by atoms with van der Waals surface area (Å²) in [5, 5.41) is 8.51. The van der Waals surface area contributed by atoms with Gasteiger partial charge >= 0.3 is 0 Å². The normalized spacial score (nSPS) is 22.4. The van der Waals surface area contributed by atoms with Gasteiger partial charge < -0.3 is 21.4 Å².